The quantitative estimate of drug-likeness (QED) is 0.627. The minimum absolute atomic E-state index is 0.0730. The zero-order chi connectivity index (χ0) is 9.42. The topological polar surface area (TPSA) is 44.1 Å². The summed E-state index contributed by atoms with van der Waals surface area (Å²) in [4.78, 5) is 0. The maximum absolute atomic E-state index is 9.74. The molecule has 0 saturated heterocycles. The van der Waals surface area contributed by atoms with E-state index in [2.05, 4.69) is 0 Å². The molecule has 0 aliphatic heterocycles. The van der Waals surface area contributed by atoms with Crippen molar-refractivity contribution in [3.63, 3.8) is 0 Å². The summed E-state index contributed by atoms with van der Waals surface area (Å²) in [5, 5.41) is 17.3. The smallest absolute Gasteiger partial charge is 0.0701 e. The number of fused-ring (bicyclic) bond motifs is 1. The highest BCUT2D eigenvalue weighted by molar-refractivity contribution is 5.88. The van der Waals surface area contributed by atoms with Crippen molar-refractivity contribution < 1.29 is 5.11 Å². The van der Waals surface area contributed by atoms with Gasteiger partial charge in [-0.25, -0.2) is 0 Å². The summed E-state index contributed by atoms with van der Waals surface area (Å²) >= 11 is 0. The van der Waals surface area contributed by atoms with Crippen LogP contribution in [0.4, 0.5) is 0 Å². The standard InChI is InChI=1S/C11H13NO/c1-7(12)11-9-5-3-2-4-8(9)6-10(11)13/h2-5,10-13H,6H2,1H3. The van der Waals surface area contributed by atoms with E-state index >= 15 is 0 Å². The van der Waals surface area contributed by atoms with E-state index in [1.807, 2.05) is 24.3 Å². The lowest BCUT2D eigenvalue weighted by molar-refractivity contribution is 0.177. The van der Waals surface area contributed by atoms with Gasteiger partial charge in [0.2, 0.25) is 0 Å². The van der Waals surface area contributed by atoms with Gasteiger partial charge in [-0.1, -0.05) is 24.3 Å². The first-order valence-corrected chi connectivity index (χ1v) is 4.51. The third-order valence-corrected chi connectivity index (χ3v) is 2.67. The summed E-state index contributed by atoms with van der Waals surface area (Å²) in [7, 11) is 0. The second-order valence-electron chi connectivity index (χ2n) is 3.63. The Balaban J connectivity index is 2.46. The molecule has 0 aromatic heterocycles. The van der Waals surface area contributed by atoms with Crippen LogP contribution >= 0.6 is 0 Å². The van der Waals surface area contributed by atoms with Crippen LogP contribution in [-0.2, 0) is 6.42 Å². The van der Waals surface area contributed by atoms with Crippen molar-refractivity contribution in [2.75, 3.05) is 0 Å². The first kappa shape index (κ1) is 8.45. The highest BCUT2D eigenvalue weighted by atomic mass is 16.3. The van der Waals surface area contributed by atoms with Crippen LogP contribution in [-0.4, -0.2) is 16.9 Å². The van der Waals surface area contributed by atoms with Gasteiger partial charge in [0.15, 0.2) is 0 Å². The molecule has 0 spiro atoms. The van der Waals surface area contributed by atoms with Crippen LogP contribution in [0.3, 0.4) is 0 Å². The van der Waals surface area contributed by atoms with Crippen molar-refractivity contribution in [1.82, 2.24) is 0 Å². The molecule has 0 fully saturated rings. The number of hydrogen-bond donors (Lipinski definition) is 2. The predicted molar refractivity (Wildman–Crippen MR) is 52.3 cm³/mol. The van der Waals surface area contributed by atoms with E-state index in [1.165, 1.54) is 5.56 Å². The minimum atomic E-state index is -0.394. The molecule has 0 radical (unpaired) electrons. The zero-order valence-electron chi connectivity index (χ0n) is 7.62. The molecular formula is C11H13NO. The monoisotopic (exact) mass is 175 g/mol. The maximum Gasteiger partial charge on any atom is 0.0701 e. The lowest BCUT2D eigenvalue weighted by Crippen LogP contribution is -2.19. The average molecular weight is 175 g/mol. The van der Waals surface area contributed by atoms with Gasteiger partial charge < -0.3 is 10.5 Å². The highest BCUT2D eigenvalue weighted by Gasteiger charge is 2.31. The number of aliphatic hydroxyl groups is 1. The van der Waals surface area contributed by atoms with Crippen molar-refractivity contribution in [2.45, 2.75) is 25.4 Å². The molecule has 2 unspecified atom stereocenters. The second-order valence-corrected chi connectivity index (χ2v) is 3.63. The van der Waals surface area contributed by atoms with E-state index in [-0.39, 0.29) is 5.92 Å². The molecule has 13 heavy (non-hydrogen) atoms. The van der Waals surface area contributed by atoms with Crippen LogP contribution in [0.25, 0.3) is 0 Å². The fourth-order valence-electron chi connectivity index (χ4n) is 2.10. The first-order valence-electron chi connectivity index (χ1n) is 4.51. The van der Waals surface area contributed by atoms with E-state index < -0.39 is 6.10 Å². The Labute approximate surface area is 77.7 Å². The first-order chi connectivity index (χ1) is 6.20. The molecule has 1 aromatic carbocycles. The van der Waals surface area contributed by atoms with Gasteiger partial charge in [-0.15, -0.1) is 0 Å². The molecule has 68 valence electrons. The maximum atomic E-state index is 9.74. The van der Waals surface area contributed by atoms with Gasteiger partial charge in [-0.05, 0) is 24.5 Å². The lowest BCUT2D eigenvalue weighted by atomic mass is 9.95. The Morgan fingerprint density at radius 2 is 2.15 bits per heavy atom. The van der Waals surface area contributed by atoms with Gasteiger partial charge in [0.05, 0.1) is 6.10 Å². The number of nitrogens with one attached hydrogen (secondary N) is 1. The summed E-state index contributed by atoms with van der Waals surface area (Å²) in [6.45, 7) is 1.76. The SMILES string of the molecule is CC(=N)C1c2ccccc2CC1O. The zero-order valence-corrected chi connectivity index (χ0v) is 7.62. The van der Waals surface area contributed by atoms with E-state index in [0.717, 1.165) is 5.56 Å². The number of aliphatic hydroxyl groups excluding tert-OH is 1. The molecule has 2 N–H and O–H groups in total. The Hall–Kier alpha value is -1.15. The van der Waals surface area contributed by atoms with Crippen molar-refractivity contribution in [2.24, 2.45) is 0 Å². The average Bonchev–Trinajstić information content (AvgIpc) is 2.39. The third kappa shape index (κ3) is 1.27. The Morgan fingerprint density at radius 1 is 1.46 bits per heavy atom. The number of hydrogen-bond acceptors (Lipinski definition) is 2. The van der Waals surface area contributed by atoms with E-state index in [1.54, 1.807) is 6.92 Å². The van der Waals surface area contributed by atoms with Crippen molar-refractivity contribution in [3.05, 3.63) is 35.4 Å². The molecule has 1 aromatic rings. The normalized spacial score (nSPS) is 25.7. The molecule has 2 rings (SSSR count). The van der Waals surface area contributed by atoms with Crippen molar-refractivity contribution >= 4 is 5.71 Å². The van der Waals surface area contributed by atoms with Crippen molar-refractivity contribution in [3.8, 4) is 0 Å². The van der Waals surface area contributed by atoms with E-state index in [9.17, 15) is 5.11 Å². The van der Waals surface area contributed by atoms with E-state index in [4.69, 9.17) is 5.41 Å². The molecule has 0 heterocycles. The fraction of sp³-hybridized carbons (Fsp3) is 0.364. The summed E-state index contributed by atoms with van der Waals surface area (Å²) < 4.78 is 0. The van der Waals surface area contributed by atoms with E-state index in [0.29, 0.717) is 12.1 Å². The molecule has 0 amide bonds. The fourth-order valence-corrected chi connectivity index (χ4v) is 2.10. The molecule has 0 bridgehead atoms. The van der Waals surface area contributed by atoms with Gasteiger partial charge >= 0.3 is 0 Å². The molecule has 1 aliphatic rings. The summed E-state index contributed by atoms with van der Waals surface area (Å²) in [5.41, 5.74) is 2.87. The van der Waals surface area contributed by atoms with Gasteiger partial charge in [0.1, 0.15) is 0 Å². The van der Waals surface area contributed by atoms with Gasteiger partial charge in [0.25, 0.3) is 0 Å². The number of rotatable bonds is 1. The predicted octanol–water partition coefficient (Wildman–Crippen LogP) is 1.73. The summed E-state index contributed by atoms with van der Waals surface area (Å²) in [6.07, 6.45) is 0.298. The summed E-state index contributed by atoms with van der Waals surface area (Å²) in [6, 6.07) is 7.98. The Bertz CT molecular complexity index is 346. The number of benzene rings is 1. The van der Waals surface area contributed by atoms with Crippen LogP contribution in [0.1, 0.15) is 24.0 Å². The second kappa shape index (κ2) is 2.96. The van der Waals surface area contributed by atoms with Gasteiger partial charge in [0, 0.05) is 11.6 Å². The van der Waals surface area contributed by atoms with Crippen LogP contribution in [0.5, 0.6) is 0 Å². The Kier molecular flexibility index (Phi) is 1.93. The molecule has 2 heteroatoms. The van der Waals surface area contributed by atoms with Crippen LogP contribution in [0, 0.1) is 5.41 Å². The van der Waals surface area contributed by atoms with Crippen LogP contribution in [0.2, 0.25) is 0 Å². The molecule has 2 nitrogen and oxygen atoms in total. The van der Waals surface area contributed by atoms with Crippen LogP contribution in [0.15, 0.2) is 24.3 Å². The van der Waals surface area contributed by atoms with Gasteiger partial charge in [-0.3, -0.25) is 0 Å². The van der Waals surface area contributed by atoms with Crippen LogP contribution < -0.4 is 0 Å². The van der Waals surface area contributed by atoms with Crippen molar-refractivity contribution in [1.29, 1.82) is 5.41 Å². The molecule has 0 saturated carbocycles. The lowest BCUT2D eigenvalue weighted by Gasteiger charge is -2.13. The van der Waals surface area contributed by atoms with Gasteiger partial charge in [-0.2, -0.15) is 0 Å². The third-order valence-electron chi connectivity index (χ3n) is 2.67. The largest absolute Gasteiger partial charge is 0.392 e. The highest BCUT2D eigenvalue weighted by Crippen LogP contribution is 2.33. The molecular weight excluding hydrogens is 162 g/mol. The Morgan fingerprint density at radius 3 is 2.85 bits per heavy atom. The summed E-state index contributed by atoms with van der Waals surface area (Å²) in [5.74, 6) is -0.0730. The molecule has 1 aliphatic carbocycles. The minimum Gasteiger partial charge on any atom is -0.392 e. The molecule has 2 atom stereocenters.